The van der Waals surface area contributed by atoms with Crippen molar-refractivity contribution in [1.82, 2.24) is 19.7 Å². The second-order valence-corrected chi connectivity index (χ2v) is 8.95. The van der Waals surface area contributed by atoms with Gasteiger partial charge in [0.1, 0.15) is 11.0 Å². The van der Waals surface area contributed by atoms with E-state index in [1.807, 2.05) is 55.7 Å². The van der Waals surface area contributed by atoms with Crippen molar-refractivity contribution in [3.8, 4) is 22.4 Å². The molecule has 2 aromatic carbocycles. The van der Waals surface area contributed by atoms with Gasteiger partial charge in [-0.15, -0.1) is 0 Å². The predicted molar refractivity (Wildman–Crippen MR) is 123 cm³/mol. The molecule has 4 aromatic rings. The lowest BCUT2D eigenvalue weighted by Gasteiger charge is -2.23. The van der Waals surface area contributed by atoms with E-state index in [2.05, 4.69) is 19.8 Å². The van der Waals surface area contributed by atoms with E-state index in [-0.39, 0.29) is 5.95 Å². The number of anilines is 2. The summed E-state index contributed by atoms with van der Waals surface area (Å²) in [6.45, 7) is 0. The normalized spacial score (nSPS) is 13.4. The molecule has 0 radical (unpaired) electrons. The molecular weight excluding hydrogens is 432 g/mol. The Balaban J connectivity index is 1.63. The molecule has 1 atom stereocenters. The molecule has 7 nitrogen and oxygen atoms in total. The average Bonchev–Trinajstić information content (AvgIpc) is 3.20. The third-order valence-electron chi connectivity index (χ3n) is 5.23. The lowest BCUT2D eigenvalue weighted by molar-refractivity contribution is 0.686. The minimum atomic E-state index is -1.44. The van der Waals surface area contributed by atoms with E-state index in [9.17, 15) is 4.21 Å². The van der Waals surface area contributed by atoms with E-state index >= 15 is 0 Å². The van der Waals surface area contributed by atoms with E-state index in [4.69, 9.17) is 17.3 Å². The Labute approximate surface area is 186 Å². The van der Waals surface area contributed by atoms with Gasteiger partial charge < -0.3 is 5.73 Å². The van der Waals surface area contributed by atoms with Gasteiger partial charge in [-0.1, -0.05) is 29.8 Å². The summed E-state index contributed by atoms with van der Waals surface area (Å²) >= 11 is 6.54. The molecule has 9 heteroatoms. The molecule has 1 aliphatic rings. The van der Waals surface area contributed by atoms with E-state index in [1.165, 1.54) is 0 Å². The Bertz CT molecular complexity index is 1320. The van der Waals surface area contributed by atoms with Gasteiger partial charge in [-0.2, -0.15) is 5.10 Å². The van der Waals surface area contributed by atoms with Crippen LogP contribution in [0.2, 0.25) is 5.02 Å². The Kier molecular flexibility index (Phi) is 4.95. The van der Waals surface area contributed by atoms with Crippen LogP contribution in [0.4, 0.5) is 11.6 Å². The van der Waals surface area contributed by atoms with Crippen molar-refractivity contribution in [2.75, 3.05) is 10.5 Å². The van der Waals surface area contributed by atoms with Crippen LogP contribution < -0.4 is 10.5 Å². The first-order valence-electron chi connectivity index (χ1n) is 9.71. The zero-order valence-corrected chi connectivity index (χ0v) is 18.2. The monoisotopic (exact) mass is 450 g/mol. The van der Waals surface area contributed by atoms with Crippen molar-refractivity contribution >= 4 is 34.2 Å². The Morgan fingerprint density at radius 1 is 1.16 bits per heavy atom. The summed E-state index contributed by atoms with van der Waals surface area (Å²) in [7, 11) is 0.412. The minimum Gasteiger partial charge on any atom is -0.368 e. The number of nitrogens with zero attached hydrogens (tertiary/aromatic N) is 4. The van der Waals surface area contributed by atoms with Crippen LogP contribution >= 0.6 is 11.6 Å². The van der Waals surface area contributed by atoms with Crippen molar-refractivity contribution in [2.45, 2.75) is 17.7 Å². The highest BCUT2D eigenvalue weighted by Crippen LogP contribution is 2.42. The van der Waals surface area contributed by atoms with Crippen molar-refractivity contribution in [3.63, 3.8) is 0 Å². The smallest absolute Gasteiger partial charge is 0.220 e. The van der Waals surface area contributed by atoms with Crippen molar-refractivity contribution in [3.05, 3.63) is 71.1 Å². The van der Waals surface area contributed by atoms with E-state index in [0.717, 1.165) is 46.5 Å². The minimum absolute atomic E-state index is 0.235. The number of hydrogen-bond acceptors (Lipinski definition) is 5. The molecule has 0 saturated heterocycles. The van der Waals surface area contributed by atoms with Crippen LogP contribution in [0, 0.1) is 0 Å². The lowest BCUT2D eigenvalue weighted by Crippen LogP contribution is -2.12. The molecule has 0 bridgehead atoms. The van der Waals surface area contributed by atoms with Gasteiger partial charge in [-0.05, 0) is 48.2 Å². The number of fused-ring (bicyclic) bond motifs is 3. The number of nitrogens with two attached hydrogens (primary N) is 1. The van der Waals surface area contributed by atoms with Gasteiger partial charge in [-0.25, -0.2) is 14.2 Å². The first kappa shape index (κ1) is 19.7. The van der Waals surface area contributed by atoms with Crippen molar-refractivity contribution in [1.29, 1.82) is 0 Å². The molecule has 1 unspecified atom stereocenters. The predicted octanol–water partition coefficient (Wildman–Crippen LogP) is 4.01. The molecule has 0 saturated carbocycles. The molecule has 0 fully saturated rings. The standard InChI is InChI=1S/C22H19ClN6OS/c1-29-12-14(11-25-29)21-20-16-10-19(28-31(30)15-5-3-2-4-6-15)17(23)9-13(16)7-8-18(20)26-22(24)27-21/h2-6,9-12,28H,7-8H2,1H3,(H2,24,26,27). The summed E-state index contributed by atoms with van der Waals surface area (Å²) < 4.78 is 17.6. The zero-order chi connectivity index (χ0) is 21.5. The first-order chi connectivity index (χ1) is 15.0. The SMILES string of the molecule is Cn1cc(-c2nc(N)nc3c2-c2cc(NS(=O)c4ccccc4)c(Cl)cc2CC3)cn1. The number of halogens is 1. The van der Waals surface area contributed by atoms with Crippen LogP contribution in [-0.2, 0) is 30.9 Å². The number of aromatic nitrogens is 4. The van der Waals surface area contributed by atoms with Gasteiger partial charge in [0.2, 0.25) is 5.95 Å². The zero-order valence-electron chi connectivity index (χ0n) is 16.7. The topological polar surface area (TPSA) is 98.7 Å². The van der Waals surface area contributed by atoms with Gasteiger partial charge in [0, 0.05) is 24.4 Å². The van der Waals surface area contributed by atoms with Crippen LogP contribution in [0.3, 0.4) is 0 Å². The highest BCUT2D eigenvalue weighted by atomic mass is 35.5. The molecule has 156 valence electrons. The van der Waals surface area contributed by atoms with E-state index in [1.54, 1.807) is 10.9 Å². The van der Waals surface area contributed by atoms with Gasteiger partial charge in [0.05, 0.1) is 33.2 Å². The van der Waals surface area contributed by atoms with Crippen molar-refractivity contribution < 1.29 is 4.21 Å². The molecular formula is C22H19ClN6OS. The third-order valence-corrected chi connectivity index (χ3v) is 6.65. The molecule has 0 spiro atoms. The number of rotatable bonds is 4. The number of aryl methyl sites for hydroxylation is 3. The summed E-state index contributed by atoms with van der Waals surface area (Å²) in [5, 5.41) is 4.79. The molecule has 1 aliphatic carbocycles. The maximum atomic E-state index is 12.8. The fraction of sp³-hybridized carbons (Fsp3) is 0.136. The largest absolute Gasteiger partial charge is 0.368 e. The Morgan fingerprint density at radius 2 is 1.97 bits per heavy atom. The summed E-state index contributed by atoms with van der Waals surface area (Å²) in [5.41, 5.74) is 12.0. The second kappa shape index (κ2) is 7.79. The van der Waals surface area contributed by atoms with E-state index in [0.29, 0.717) is 15.6 Å². The number of nitrogens with one attached hydrogen (secondary N) is 1. The first-order valence-corrected chi connectivity index (χ1v) is 11.2. The third kappa shape index (κ3) is 3.68. The summed E-state index contributed by atoms with van der Waals surface area (Å²) in [4.78, 5) is 9.69. The van der Waals surface area contributed by atoms with E-state index < -0.39 is 11.0 Å². The average molecular weight is 451 g/mol. The molecule has 31 heavy (non-hydrogen) atoms. The summed E-state index contributed by atoms with van der Waals surface area (Å²) in [6.07, 6.45) is 5.18. The number of nitrogen functional groups attached to an aromatic ring is 1. The Morgan fingerprint density at radius 3 is 2.71 bits per heavy atom. The molecule has 2 aromatic heterocycles. The maximum Gasteiger partial charge on any atom is 0.220 e. The molecule has 5 rings (SSSR count). The summed E-state index contributed by atoms with van der Waals surface area (Å²) in [6, 6.07) is 13.0. The van der Waals surface area contributed by atoms with Gasteiger partial charge in [0.15, 0.2) is 0 Å². The van der Waals surface area contributed by atoms with Crippen LogP contribution in [0.15, 0.2) is 59.8 Å². The molecule has 0 aliphatic heterocycles. The number of hydrogen-bond donors (Lipinski definition) is 2. The van der Waals surface area contributed by atoms with Crippen LogP contribution in [0.5, 0.6) is 0 Å². The summed E-state index contributed by atoms with van der Waals surface area (Å²) in [5.74, 6) is 0.235. The molecule has 2 heterocycles. The van der Waals surface area contributed by atoms with Gasteiger partial charge in [0.25, 0.3) is 0 Å². The quantitative estimate of drug-likeness (QED) is 0.489. The fourth-order valence-corrected chi connectivity index (χ4v) is 5.01. The van der Waals surface area contributed by atoms with Crippen LogP contribution in [0.25, 0.3) is 22.4 Å². The lowest BCUT2D eigenvalue weighted by atomic mass is 9.86. The second-order valence-electron chi connectivity index (χ2n) is 7.33. The molecule has 3 N–H and O–H groups in total. The molecule has 0 amide bonds. The maximum absolute atomic E-state index is 12.8. The highest BCUT2D eigenvalue weighted by molar-refractivity contribution is 7.86. The fourth-order valence-electron chi connectivity index (χ4n) is 3.83. The Hall–Kier alpha value is -3.23. The van der Waals surface area contributed by atoms with Gasteiger partial charge >= 0.3 is 0 Å². The van der Waals surface area contributed by atoms with Gasteiger partial charge in [-0.3, -0.25) is 9.40 Å². The highest BCUT2D eigenvalue weighted by Gasteiger charge is 2.25. The number of benzene rings is 2. The van der Waals surface area contributed by atoms with Crippen LogP contribution in [0.1, 0.15) is 11.3 Å². The van der Waals surface area contributed by atoms with Crippen LogP contribution in [-0.4, -0.2) is 24.0 Å². The van der Waals surface area contributed by atoms with Crippen molar-refractivity contribution in [2.24, 2.45) is 7.05 Å².